The van der Waals surface area contributed by atoms with Gasteiger partial charge in [-0.3, -0.25) is 0 Å². The van der Waals surface area contributed by atoms with Crippen LogP contribution in [0.25, 0.3) is 0 Å². The first-order chi connectivity index (χ1) is 3.29. The maximum Gasteiger partial charge on any atom is 0.0493 e. The Morgan fingerprint density at radius 1 is 1.71 bits per heavy atom. The molecule has 0 spiro atoms. The third kappa shape index (κ3) is 0.738. The van der Waals surface area contributed by atoms with Crippen LogP contribution in [-0.4, -0.2) is 4.57 Å². The van der Waals surface area contributed by atoms with Gasteiger partial charge in [0.05, 0.1) is 0 Å². The van der Waals surface area contributed by atoms with Gasteiger partial charge in [-0.15, -0.1) is 0 Å². The average molecular weight is 96.1 g/mol. The smallest absolute Gasteiger partial charge is 0.0493 e. The van der Waals surface area contributed by atoms with Gasteiger partial charge in [-0.1, -0.05) is 0 Å². The first kappa shape index (κ1) is 4.24. The molecule has 2 heteroatoms. The number of nitrogen functional groups attached to an aromatic ring is 1. The monoisotopic (exact) mass is 96.1 g/mol. The SMILES string of the molecule is Cn1ccc(N)c1. The van der Waals surface area contributed by atoms with Crippen LogP contribution in [-0.2, 0) is 7.05 Å². The van der Waals surface area contributed by atoms with Gasteiger partial charge >= 0.3 is 0 Å². The van der Waals surface area contributed by atoms with Gasteiger partial charge in [-0.2, -0.15) is 0 Å². The van der Waals surface area contributed by atoms with Crippen molar-refractivity contribution in [3.63, 3.8) is 0 Å². The molecule has 0 bridgehead atoms. The van der Waals surface area contributed by atoms with Crippen molar-refractivity contribution in [2.24, 2.45) is 7.05 Å². The third-order valence-electron chi connectivity index (χ3n) is 0.855. The molecule has 0 atom stereocenters. The quantitative estimate of drug-likeness (QED) is 0.504. The highest BCUT2D eigenvalue weighted by Gasteiger charge is 1.80. The van der Waals surface area contributed by atoms with Crippen molar-refractivity contribution in [3.05, 3.63) is 18.5 Å². The zero-order valence-electron chi connectivity index (χ0n) is 4.26. The minimum atomic E-state index is 0.822. The van der Waals surface area contributed by atoms with Crippen molar-refractivity contribution in [1.82, 2.24) is 4.57 Å². The van der Waals surface area contributed by atoms with E-state index in [1.807, 2.05) is 30.1 Å². The van der Waals surface area contributed by atoms with E-state index in [0.29, 0.717) is 0 Å². The lowest BCUT2D eigenvalue weighted by Crippen LogP contribution is -1.80. The van der Waals surface area contributed by atoms with E-state index < -0.39 is 0 Å². The molecule has 7 heavy (non-hydrogen) atoms. The van der Waals surface area contributed by atoms with Gasteiger partial charge in [0, 0.05) is 25.1 Å². The molecule has 2 N–H and O–H groups in total. The summed E-state index contributed by atoms with van der Waals surface area (Å²) in [6, 6.07) is 1.86. The second kappa shape index (κ2) is 1.30. The van der Waals surface area contributed by atoms with Crippen molar-refractivity contribution < 1.29 is 0 Å². The number of rotatable bonds is 0. The van der Waals surface area contributed by atoms with E-state index in [2.05, 4.69) is 0 Å². The Morgan fingerprint density at radius 2 is 2.43 bits per heavy atom. The van der Waals surface area contributed by atoms with Crippen LogP contribution in [0.4, 0.5) is 5.69 Å². The van der Waals surface area contributed by atoms with E-state index in [1.54, 1.807) is 0 Å². The minimum absolute atomic E-state index is 0.822. The summed E-state index contributed by atoms with van der Waals surface area (Å²) in [5.74, 6) is 0. The first-order valence-corrected chi connectivity index (χ1v) is 2.16. The van der Waals surface area contributed by atoms with Gasteiger partial charge in [-0.05, 0) is 6.07 Å². The summed E-state index contributed by atoms with van der Waals surface area (Å²) < 4.78 is 1.91. The molecule has 38 valence electrons. The van der Waals surface area contributed by atoms with Crippen LogP contribution in [0.1, 0.15) is 0 Å². The molecule has 1 rings (SSSR count). The van der Waals surface area contributed by atoms with Gasteiger partial charge in [0.25, 0.3) is 0 Å². The van der Waals surface area contributed by atoms with E-state index >= 15 is 0 Å². The molecule has 0 fully saturated rings. The summed E-state index contributed by atoms with van der Waals surface area (Å²) in [6.45, 7) is 0. The van der Waals surface area contributed by atoms with Crippen LogP contribution in [0.3, 0.4) is 0 Å². The summed E-state index contributed by atoms with van der Waals surface area (Å²) in [5, 5.41) is 0. The summed E-state index contributed by atoms with van der Waals surface area (Å²) in [6.07, 6.45) is 3.77. The predicted molar refractivity (Wildman–Crippen MR) is 29.8 cm³/mol. The minimum Gasteiger partial charge on any atom is -0.398 e. The maximum absolute atomic E-state index is 5.36. The number of aromatic nitrogens is 1. The van der Waals surface area contributed by atoms with Crippen LogP contribution < -0.4 is 5.73 Å². The molecule has 0 radical (unpaired) electrons. The van der Waals surface area contributed by atoms with Crippen LogP contribution in [0.2, 0.25) is 0 Å². The molecule has 2 nitrogen and oxygen atoms in total. The second-order valence-electron chi connectivity index (χ2n) is 1.61. The van der Waals surface area contributed by atoms with Crippen LogP contribution >= 0.6 is 0 Å². The van der Waals surface area contributed by atoms with Crippen molar-refractivity contribution in [1.29, 1.82) is 0 Å². The van der Waals surface area contributed by atoms with Gasteiger partial charge in [0.1, 0.15) is 0 Å². The Bertz CT molecular complexity index is 138. The van der Waals surface area contributed by atoms with Gasteiger partial charge in [0.2, 0.25) is 0 Å². The molecule has 0 unspecified atom stereocenters. The molecule has 0 saturated heterocycles. The highest BCUT2D eigenvalue weighted by molar-refractivity contribution is 5.33. The lowest BCUT2D eigenvalue weighted by atomic mass is 10.6. The molecule has 1 heterocycles. The van der Waals surface area contributed by atoms with E-state index in [-0.39, 0.29) is 0 Å². The maximum atomic E-state index is 5.36. The Morgan fingerprint density at radius 3 is 2.57 bits per heavy atom. The molecule has 0 aliphatic carbocycles. The largest absolute Gasteiger partial charge is 0.398 e. The van der Waals surface area contributed by atoms with Crippen molar-refractivity contribution in [2.45, 2.75) is 0 Å². The van der Waals surface area contributed by atoms with E-state index in [1.165, 1.54) is 0 Å². The Hall–Kier alpha value is -0.920. The summed E-state index contributed by atoms with van der Waals surface area (Å²) in [7, 11) is 1.94. The second-order valence-corrected chi connectivity index (χ2v) is 1.61. The number of nitrogens with zero attached hydrogens (tertiary/aromatic N) is 1. The molecule has 0 aromatic carbocycles. The van der Waals surface area contributed by atoms with E-state index in [9.17, 15) is 0 Å². The number of nitrogens with two attached hydrogens (primary N) is 1. The fraction of sp³-hybridized carbons (Fsp3) is 0.200. The normalized spacial score (nSPS) is 9.29. The van der Waals surface area contributed by atoms with Crippen molar-refractivity contribution in [3.8, 4) is 0 Å². The topological polar surface area (TPSA) is 30.9 Å². The van der Waals surface area contributed by atoms with E-state index in [0.717, 1.165) is 5.69 Å². The molecule has 1 aromatic heterocycles. The van der Waals surface area contributed by atoms with Crippen LogP contribution in [0.5, 0.6) is 0 Å². The lowest BCUT2D eigenvalue weighted by molar-refractivity contribution is 0.929. The average Bonchev–Trinajstić information content (AvgIpc) is 1.87. The molecule has 0 aliphatic heterocycles. The Kier molecular flexibility index (Phi) is 0.785. The summed E-state index contributed by atoms with van der Waals surface area (Å²) in [4.78, 5) is 0. The lowest BCUT2D eigenvalue weighted by Gasteiger charge is -1.81. The van der Waals surface area contributed by atoms with Crippen LogP contribution in [0.15, 0.2) is 18.5 Å². The standard InChI is InChI=1S/C5H8N2/c1-7-3-2-5(6)4-7/h2-4H,6H2,1H3. The molecule has 0 saturated carbocycles. The first-order valence-electron chi connectivity index (χ1n) is 2.16. The number of hydrogen-bond acceptors (Lipinski definition) is 1. The molecule has 0 amide bonds. The summed E-state index contributed by atoms with van der Waals surface area (Å²) >= 11 is 0. The Balaban J connectivity index is 3.04. The zero-order valence-corrected chi connectivity index (χ0v) is 4.26. The molecule has 0 aliphatic rings. The highest BCUT2D eigenvalue weighted by atomic mass is 14.9. The Labute approximate surface area is 42.6 Å². The number of hydrogen-bond donors (Lipinski definition) is 1. The highest BCUT2D eigenvalue weighted by Crippen LogP contribution is 1.97. The van der Waals surface area contributed by atoms with Gasteiger partial charge < -0.3 is 10.3 Å². The van der Waals surface area contributed by atoms with E-state index in [4.69, 9.17) is 5.73 Å². The number of aryl methyl sites for hydroxylation is 1. The fourth-order valence-corrected chi connectivity index (χ4v) is 0.525. The van der Waals surface area contributed by atoms with Gasteiger partial charge in [0.15, 0.2) is 0 Å². The summed E-state index contributed by atoms with van der Waals surface area (Å²) in [5.41, 5.74) is 6.18. The fourth-order valence-electron chi connectivity index (χ4n) is 0.525. The predicted octanol–water partition coefficient (Wildman–Crippen LogP) is 0.607. The molecule has 1 aromatic rings. The zero-order chi connectivity index (χ0) is 5.28. The van der Waals surface area contributed by atoms with Gasteiger partial charge in [-0.25, -0.2) is 0 Å². The van der Waals surface area contributed by atoms with Crippen molar-refractivity contribution in [2.75, 3.05) is 5.73 Å². The molecular weight excluding hydrogens is 88.1 g/mol. The van der Waals surface area contributed by atoms with Crippen LogP contribution in [0, 0.1) is 0 Å². The molecular formula is C5H8N2. The third-order valence-corrected chi connectivity index (χ3v) is 0.855. The number of anilines is 1. The van der Waals surface area contributed by atoms with Crippen molar-refractivity contribution >= 4 is 5.69 Å².